The summed E-state index contributed by atoms with van der Waals surface area (Å²) in [5.74, 6) is -0.447. The first kappa shape index (κ1) is 19.4. The quantitative estimate of drug-likeness (QED) is 0.803. The third-order valence-electron chi connectivity index (χ3n) is 3.01. The number of hydrogen-bond donors (Lipinski definition) is 2. The Labute approximate surface area is 132 Å². The van der Waals surface area contributed by atoms with E-state index in [2.05, 4.69) is 0 Å². The molecule has 0 saturated heterocycles. The molecule has 0 heterocycles. The second kappa shape index (κ2) is 9.37. The molecule has 0 aromatic heterocycles. The number of nitrogens with two attached hydrogens (primary N) is 2. The van der Waals surface area contributed by atoms with Crippen LogP contribution in [0.1, 0.15) is 31.7 Å². The fraction of sp³-hybridized carbons (Fsp3) is 0.467. The van der Waals surface area contributed by atoms with Crippen molar-refractivity contribution in [3.8, 4) is 0 Å². The highest BCUT2D eigenvalue weighted by Crippen LogP contribution is 2.18. The molecule has 0 aliphatic heterocycles. The van der Waals surface area contributed by atoms with Crippen LogP contribution in [-0.4, -0.2) is 24.4 Å². The molecule has 4 N–H and O–H groups in total. The van der Waals surface area contributed by atoms with Crippen LogP contribution in [0.5, 0.6) is 0 Å². The maximum atomic E-state index is 12.3. The van der Waals surface area contributed by atoms with E-state index >= 15 is 0 Å². The van der Waals surface area contributed by atoms with Gasteiger partial charge in [-0.2, -0.15) is 0 Å². The van der Waals surface area contributed by atoms with Crippen molar-refractivity contribution in [3.05, 3.63) is 29.8 Å². The zero-order valence-electron chi connectivity index (χ0n) is 12.5. The minimum Gasteiger partial charge on any atom is -0.370 e. The number of aryl methyl sites for hydroxylation is 1. The van der Waals surface area contributed by atoms with Crippen molar-refractivity contribution in [2.45, 2.75) is 39.2 Å². The van der Waals surface area contributed by atoms with Gasteiger partial charge < -0.3 is 16.4 Å². The summed E-state index contributed by atoms with van der Waals surface area (Å²) in [7, 11) is 0. The number of nitrogens with zero attached hydrogens (tertiary/aromatic N) is 1. The van der Waals surface area contributed by atoms with Crippen LogP contribution in [0.15, 0.2) is 24.3 Å². The minimum atomic E-state index is -0.414. The molecule has 5 nitrogen and oxygen atoms in total. The van der Waals surface area contributed by atoms with Crippen LogP contribution < -0.4 is 16.4 Å². The van der Waals surface area contributed by atoms with E-state index in [0.717, 1.165) is 11.3 Å². The van der Waals surface area contributed by atoms with E-state index in [9.17, 15) is 9.59 Å². The molecule has 1 aromatic carbocycles. The van der Waals surface area contributed by atoms with E-state index in [-0.39, 0.29) is 30.8 Å². The number of primary amides is 1. The van der Waals surface area contributed by atoms with Gasteiger partial charge in [0.05, 0.1) is 0 Å². The van der Waals surface area contributed by atoms with Gasteiger partial charge in [0.2, 0.25) is 11.8 Å². The molecule has 0 bridgehead atoms. The lowest BCUT2D eigenvalue weighted by Gasteiger charge is -2.23. The third kappa shape index (κ3) is 7.11. The van der Waals surface area contributed by atoms with Crippen LogP contribution in [-0.2, 0) is 9.59 Å². The number of benzene rings is 1. The second-order valence-corrected chi connectivity index (χ2v) is 5.12. The van der Waals surface area contributed by atoms with Crippen LogP contribution in [0.25, 0.3) is 0 Å². The average Bonchev–Trinajstić information content (AvgIpc) is 2.36. The number of halogens is 1. The third-order valence-corrected chi connectivity index (χ3v) is 3.01. The normalized spacial score (nSPS) is 11.4. The van der Waals surface area contributed by atoms with E-state index in [0.29, 0.717) is 19.4 Å². The molecule has 21 heavy (non-hydrogen) atoms. The summed E-state index contributed by atoms with van der Waals surface area (Å²) in [5.41, 5.74) is 12.7. The first-order valence-electron chi connectivity index (χ1n) is 6.81. The Morgan fingerprint density at radius 3 is 2.48 bits per heavy atom. The molecular weight excluding hydrogens is 290 g/mol. The second-order valence-electron chi connectivity index (χ2n) is 5.12. The van der Waals surface area contributed by atoms with Crippen LogP contribution in [0.4, 0.5) is 5.69 Å². The highest BCUT2D eigenvalue weighted by Gasteiger charge is 2.16. The molecule has 0 radical (unpaired) electrons. The fourth-order valence-corrected chi connectivity index (χ4v) is 1.90. The van der Waals surface area contributed by atoms with Crippen molar-refractivity contribution in [2.24, 2.45) is 11.5 Å². The predicted octanol–water partition coefficient (Wildman–Crippen LogP) is 1.75. The summed E-state index contributed by atoms with van der Waals surface area (Å²) in [4.78, 5) is 24.9. The Bertz CT molecular complexity index is 478. The molecule has 6 heteroatoms. The molecule has 0 spiro atoms. The van der Waals surface area contributed by atoms with Crippen molar-refractivity contribution >= 4 is 29.9 Å². The van der Waals surface area contributed by atoms with Crippen molar-refractivity contribution in [1.82, 2.24) is 0 Å². The molecule has 0 aliphatic rings. The first-order valence-corrected chi connectivity index (χ1v) is 6.81. The summed E-state index contributed by atoms with van der Waals surface area (Å²) < 4.78 is 0. The molecule has 0 aliphatic carbocycles. The maximum Gasteiger partial charge on any atom is 0.227 e. The molecule has 1 aromatic rings. The SMILES string of the molecule is Cc1cccc(N(CCC(N)=O)C(=O)CCC(C)N)c1.Cl. The number of carbonyl (C=O) groups is 2. The van der Waals surface area contributed by atoms with Gasteiger partial charge in [0, 0.05) is 31.1 Å². The zero-order chi connectivity index (χ0) is 15.1. The maximum absolute atomic E-state index is 12.3. The molecular formula is C15H24ClN3O2. The molecule has 2 amide bonds. The van der Waals surface area contributed by atoms with Crippen molar-refractivity contribution in [3.63, 3.8) is 0 Å². The van der Waals surface area contributed by atoms with Crippen LogP contribution in [0, 0.1) is 6.92 Å². The molecule has 1 atom stereocenters. The van der Waals surface area contributed by atoms with Gasteiger partial charge in [0.1, 0.15) is 0 Å². The average molecular weight is 314 g/mol. The highest BCUT2D eigenvalue weighted by molar-refractivity contribution is 5.94. The van der Waals surface area contributed by atoms with Gasteiger partial charge >= 0.3 is 0 Å². The van der Waals surface area contributed by atoms with Gasteiger partial charge in [0.15, 0.2) is 0 Å². The van der Waals surface area contributed by atoms with Gasteiger partial charge in [0.25, 0.3) is 0 Å². The monoisotopic (exact) mass is 313 g/mol. The molecule has 118 valence electrons. The molecule has 1 rings (SSSR count). The molecule has 1 unspecified atom stereocenters. The van der Waals surface area contributed by atoms with Gasteiger partial charge in [-0.3, -0.25) is 9.59 Å². The smallest absolute Gasteiger partial charge is 0.227 e. The van der Waals surface area contributed by atoms with E-state index in [1.807, 2.05) is 38.1 Å². The van der Waals surface area contributed by atoms with Gasteiger partial charge in [-0.25, -0.2) is 0 Å². The van der Waals surface area contributed by atoms with Crippen LogP contribution >= 0.6 is 12.4 Å². The molecule has 0 fully saturated rings. The van der Waals surface area contributed by atoms with Crippen molar-refractivity contribution in [2.75, 3.05) is 11.4 Å². The van der Waals surface area contributed by atoms with E-state index in [1.165, 1.54) is 0 Å². The fourth-order valence-electron chi connectivity index (χ4n) is 1.90. The lowest BCUT2D eigenvalue weighted by Crippen LogP contribution is -2.34. The van der Waals surface area contributed by atoms with E-state index in [4.69, 9.17) is 11.5 Å². The van der Waals surface area contributed by atoms with Crippen molar-refractivity contribution < 1.29 is 9.59 Å². The number of anilines is 1. The predicted molar refractivity (Wildman–Crippen MR) is 87.5 cm³/mol. The number of hydrogen-bond acceptors (Lipinski definition) is 3. The van der Waals surface area contributed by atoms with E-state index < -0.39 is 5.91 Å². The lowest BCUT2D eigenvalue weighted by molar-refractivity contribution is -0.119. The summed E-state index contributed by atoms with van der Waals surface area (Å²) in [5, 5.41) is 0. The Balaban J connectivity index is 0.00000400. The van der Waals surface area contributed by atoms with Crippen LogP contribution in [0.2, 0.25) is 0 Å². The summed E-state index contributed by atoms with van der Waals surface area (Å²) in [6, 6.07) is 7.61. The standard InChI is InChI=1S/C15H23N3O2.ClH/c1-11-4-3-5-13(10-11)18(9-8-14(17)19)15(20)7-6-12(2)16;/h3-5,10,12H,6-9,16H2,1-2H3,(H2,17,19);1H. The Morgan fingerprint density at radius 1 is 1.29 bits per heavy atom. The Hall–Kier alpha value is -1.59. The van der Waals surface area contributed by atoms with Crippen molar-refractivity contribution in [1.29, 1.82) is 0 Å². The minimum absolute atomic E-state index is 0. The zero-order valence-corrected chi connectivity index (χ0v) is 13.4. The van der Waals surface area contributed by atoms with Crippen LogP contribution in [0.3, 0.4) is 0 Å². The number of amides is 2. The lowest BCUT2D eigenvalue weighted by atomic mass is 10.1. The largest absolute Gasteiger partial charge is 0.370 e. The van der Waals surface area contributed by atoms with Gasteiger partial charge in [-0.15, -0.1) is 12.4 Å². The Morgan fingerprint density at radius 2 is 1.95 bits per heavy atom. The summed E-state index contributed by atoms with van der Waals surface area (Å²) >= 11 is 0. The van der Waals surface area contributed by atoms with Gasteiger partial charge in [-0.05, 0) is 38.0 Å². The summed E-state index contributed by atoms with van der Waals surface area (Å²) in [6.07, 6.45) is 1.14. The van der Waals surface area contributed by atoms with E-state index in [1.54, 1.807) is 4.90 Å². The Kier molecular flexibility index (Phi) is 8.66. The van der Waals surface area contributed by atoms with Gasteiger partial charge in [-0.1, -0.05) is 12.1 Å². The topological polar surface area (TPSA) is 89.4 Å². The highest BCUT2D eigenvalue weighted by atomic mass is 35.5. The molecule has 0 saturated carbocycles. The number of carbonyl (C=O) groups excluding carboxylic acids is 2. The summed E-state index contributed by atoms with van der Waals surface area (Å²) in [6.45, 7) is 4.13. The first-order chi connectivity index (χ1) is 9.40. The number of rotatable bonds is 7.